The quantitative estimate of drug-likeness (QED) is 0.720. The van der Waals surface area contributed by atoms with Crippen LogP contribution in [0.1, 0.15) is 16.8 Å². The molecular formula is C20H24Cl2N4O. The van der Waals surface area contributed by atoms with Crippen LogP contribution in [0.25, 0.3) is 16.7 Å². The van der Waals surface area contributed by atoms with Crippen LogP contribution in [0.3, 0.4) is 0 Å². The van der Waals surface area contributed by atoms with Gasteiger partial charge in [0, 0.05) is 24.3 Å². The van der Waals surface area contributed by atoms with Gasteiger partial charge in [-0.3, -0.25) is 9.36 Å². The summed E-state index contributed by atoms with van der Waals surface area (Å²) in [6.45, 7) is 2.66. The first kappa shape index (κ1) is 21.2. The molecule has 3 aromatic rings. The van der Waals surface area contributed by atoms with Gasteiger partial charge in [0.25, 0.3) is 5.91 Å². The van der Waals surface area contributed by atoms with Crippen molar-refractivity contribution in [3.63, 3.8) is 0 Å². The highest BCUT2D eigenvalue weighted by Gasteiger charge is 2.26. The number of carbonyl (C=O) groups excluding carboxylic acids is 1. The summed E-state index contributed by atoms with van der Waals surface area (Å²) in [5.74, 6) is 0.686. The van der Waals surface area contributed by atoms with Crippen LogP contribution in [0.4, 0.5) is 0 Å². The highest BCUT2D eigenvalue weighted by molar-refractivity contribution is 5.94. The monoisotopic (exact) mass is 406 g/mol. The molecule has 1 atom stereocenters. The molecule has 1 aliphatic heterocycles. The molecule has 0 saturated carbocycles. The zero-order valence-electron chi connectivity index (χ0n) is 15.2. The zero-order chi connectivity index (χ0) is 17.2. The Labute approximate surface area is 171 Å². The Kier molecular flexibility index (Phi) is 7.25. The molecule has 1 saturated heterocycles. The Hall–Kier alpha value is -2.08. The summed E-state index contributed by atoms with van der Waals surface area (Å²) in [4.78, 5) is 19.1. The summed E-state index contributed by atoms with van der Waals surface area (Å²) in [7, 11) is 1.96. The Morgan fingerprint density at radius 3 is 2.63 bits per heavy atom. The minimum Gasteiger partial charge on any atom is -0.338 e. The molecule has 7 heteroatoms. The molecule has 1 amide bonds. The number of halogens is 2. The first-order chi connectivity index (χ1) is 12.3. The van der Waals surface area contributed by atoms with Gasteiger partial charge in [0.05, 0.1) is 11.0 Å². The van der Waals surface area contributed by atoms with Gasteiger partial charge < -0.3 is 10.2 Å². The molecule has 0 bridgehead atoms. The van der Waals surface area contributed by atoms with E-state index in [1.54, 1.807) is 0 Å². The lowest BCUT2D eigenvalue weighted by molar-refractivity contribution is 0.0787. The lowest BCUT2D eigenvalue weighted by Gasteiger charge is -2.17. The van der Waals surface area contributed by atoms with E-state index < -0.39 is 0 Å². The highest BCUT2D eigenvalue weighted by atomic mass is 35.5. The van der Waals surface area contributed by atoms with Gasteiger partial charge in [-0.15, -0.1) is 24.8 Å². The third-order valence-corrected chi connectivity index (χ3v) is 4.91. The van der Waals surface area contributed by atoms with Crippen molar-refractivity contribution in [2.75, 3.05) is 26.7 Å². The van der Waals surface area contributed by atoms with E-state index in [2.05, 4.69) is 10.3 Å². The number of imidazole rings is 1. The maximum atomic E-state index is 12.7. The number of fused-ring (bicyclic) bond motifs is 1. The number of carbonyl (C=O) groups is 1. The molecule has 4 rings (SSSR count). The normalized spacial score (nSPS) is 16.0. The van der Waals surface area contributed by atoms with Gasteiger partial charge in [0.15, 0.2) is 0 Å². The molecule has 5 nitrogen and oxygen atoms in total. The van der Waals surface area contributed by atoms with Gasteiger partial charge in [-0.05, 0) is 62.3 Å². The molecule has 1 fully saturated rings. The van der Waals surface area contributed by atoms with Crippen LogP contribution in [0.5, 0.6) is 0 Å². The summed E-state index contributed by atoms with van der Waals surface area (Å²) in [6, 6.07) is 15.8. The van der Waals surface area contributed by atoms with Gasteiger partial charge in [-0.25, -0.2) is 4.98 Å². The van der Waals surface area contributed by atoms with Crippen molar-refractivity contribution in [1.29, 1.82) is 0 Å². The minimum absolute atomic E-state index is 0. The second kappa shape index (κ2) is 9.22. The van der Waals surface area contributed by atoms with E-state index in [-0.39, 0.29) is 30.7 Å². The van der Waals surface area contributed by atoms with Crippen molar-refractivity contribution < 1.29 is 4.79 Å². The van der Waals surface area contributed by atoms with Crippen molar-refractivity contribution in [2.45, 2.75) is 6.42 Å². The summed E-state index contributed by atoms with van der Waals surface area (Å²) in [6.07, 6.45) is 2.90. The van der Waals surface area contributed by atoms with E-state index in [4.69, 9.17) is 0 Å². The Bertz CT molecular complexity index is 894. The molecule has 1 aromatic heterocycles. The number of rotatable bonds is 4. The highest BCUT2D eigenvalue weighted by Crippen LogP contribution is 2.21. The van der Waals surface area contributed by atoms with Crippen molar-refractivity contribution in [2.24, 2.45) is 5.92 Å². The topological polar surface area (TPSA) is 50.2 Å². The van der Waals surface area contributed by atoms with Gasteiger partial charge in [-0.2, -0.15) is 0 Å². The fourth-order valence-corrected chi connectivity index (χ4v) is 3.58. The minimum atomic E-state index is 0. The fourth-order valence-electron chi connectivity index (χ4n) is 3.58. The molecule has 1 unspecified atom stereocenters. The lowest BCUT2D eigenvalue weighted by atomic mass is 10.1. The maximum Gasteiger partial charge on any atom is 0.253 e. The summed E-state index contributed by atoms with van der Waals surface area (Å²) >= 11 is 0. The van der Waals surface area contributed by atoms with Crippen LogP contribution in [0.15, 0.2) is 54.9 Å². The molecule has 2 heterocycles. The van der Waals surface area contributed by atoms with Crippen LogP contribution in [-0.2, 0) is 0 Å². The smallest absolute Gasteiger partial charge is 0.253 e. The number of hydrogen-bond donors (Lipinski definition) is 1. The SMILES string of the molecule is CNCC1CCN(C(=O)c2ccc(-n3cnc4ccccc43)cc2)C1.Cl.Cl. The van der Waals surface area contributed by atoms with Crippen molar-refractivity contribution in [3.8, 4) is 5.69 Å². The standard InChI is InChI=1S/C20H22N4O.2ClH/c1-21-12-15-10-11-23(13-15)20(25)16-6-8-17(9-7-16)24-14-22-18-4-2-3-5-19(18)24;;/h2-9,14-15,21H,10-13H2,1H3;2*1H. The van der Waals surface area contributed by atoms with Crippen LogP contribution in [0, 0.1) is 5.92 Å². The Balaban J connectivity index is 0.00000131. The predicted molar refractivity (Wildman–Crippen MR) is 114 cm³/mol. The van der Waals surface area contributed by atoms with Gasteiger partial charge in [-0.1, -0.05) is 12.1 Å². The number of amides is 1. The molecule has 0 radical (unpaired) electrons. The van der Waals surface area contributed by atoms with Crippen LogP contribution in [0.2, 0.25) is 0 Å². The molecule has 0 aliphatic carbocycles. The van der Waals surface area contributed by atoms with E-state index in [9.17, 15) is 4.79 Å². The van der Waals surface area contributed by atoms with Gasteiger partial charge in [0.2, 0.25) is 0 Å². The number of likely N-dealkylation sites (tertiary alicyclic amines) is 1. The van der Waals surface area contributed by atoms with E-state index >= 15 is 0 Å². The number of nitrogens with zero attached hydrogens (tertiary/aromatic N) is 3. The largest absolute Gasteiger partial charge is 0.338 e. The molecule has 1 aliphatic rings. The summed E-state index contributed by atoms with van der Waals surface area (Å²) in [5, 5.41) is 3.20. The summed E-state index contributed by atoms with van der Waals surface area (Å²) in [5.41, 5.74) is 3.80. The Morgan fingerprint density at radius 2 is 1.89 bits per heavy atom. The first-order valence-corrected chi connectivity index (χ1v) is 8.72. The number of para-hydroxylation sites is 2. The number of hydrogen-bond acceptors (Lipinski definition) is 3. The average molecular weight is 407 g/mol. The summed E-state index contributed by atoms with van der Waals surface area (Å²) < 4.78 is 2.04. The third-order valence-electron chi connectivity index (χ3n) is 4.91. The van der Waals surface area contributed by atoms with Crippen molar-refractivity contribution in [1.82, 2.24) is 19.8 Å². The predicted octanol–water partition coefficient (Wildman–Crippen LogP) is 3.55. The van der Waals surface area contributed by atoms with Crippen LogP contribution >= 0.6 is 24.8 Å². The van der Waals surface area contributed by atoms with Gasteiger partial charge in [0.1, 0.15) is 6.33 Å². The molecular weight excluding hydrogens is 383 g/mol. The number of benzene rings is 2. The van der Waals surface area contributed by atoms with Crippen molar-refractivity contribution >= 4 is 41.8 Å². The second-order valence-corrected chi connectivity index (χ2v) is 6.61. The molecule has 2 aromatic carbocycles. The lowest BCUT2D eigenvalue weighted by Crippen LogP contribution is -2.30. The molecule has 1 N–H and O–H groups in total. The molecule has 144 valence electrons. The average Bonchev–Trinajstić information content (AvgIpc) is 3.29. The molecule has 27 heavy (non-hydrogen) atoms. The van der Waals surface area contributed by atoms with Crippen LogP contribution < -0.4 is 5.32 Å². The first-order valence-electron chi connectivity index (χ1n) is 8.72. The Morgan fingerprint density at radius 1 is 1.15 bits per heavy atom. The molecule has 0 spiro atoms. The van der Waals surface area contributed by atoms with Gasteiger partial charge >= 0.3 is 0 Å². The van der Waals surface area contributed by atoms with Crippen LogP contribution in [-0.4, -0.2) is 47.0 Å². The van der Waals surface area contributed by atoms with E-state index in [0.717, 1.165) is 48.3 Å². The number of aromatic nitrogens is 2. The van der Waals surface area contributed by atoms with E-state index in [0.29, 0.717) is 5.92 Å². The number of nitrogens with one attached hydrogen (secondary N) is 1. The zero-order valence-corrected chi connectivity index (χ0v) is 16.8. The maximum absolute atomic E-state index is 12.7. The fraction of sp³-hybridized carbons (Fsp3) is 0.300. The van der Waals surface area contributed by atoms with E-state index in [1.165, 1.54) is 0 Å². The van der Waals surface area contributed by atoms with Crippen molar-refractivity contribution in [3.05, 3.63) is 60.4 Å². The van der Waals surface area contributed by atoms with E-state index in [1.807, 2.05) is 71.4 Å². The second-order valence-electron chi connectivity index (χ2n) is 6.61. The third kappa shape index (κ3) is 4.26.